The lowest BCUT2D eigenvalue weighted by atomic mass is 10.0. The average molecular weight is 552 g/mol. The molecule has 0 aliphatic carbocycles. The number of methoxy groups -OCH3 is 1. The predicted octanol–water partition coefficient (Wildman–Crippen LogP) is 5.74. The molecular weight excluding hydrogens is 518 g/mol. The summed E-state index contributed by atoms with van der Waals surface area (Å²) in [5.74, 6) is 0.312. The van der Waals surface area contributed by atoms with E-state index in [1.807, 2.05) is 115 Å². The van der Waals surface area contributed by atoms with E-state index < -0.39 is 6.04 Å². The molecular formula is C33H33N3O3S. The Morgan fingerprint density at radius 1 is 0.825 bits per heavy atom. The number of aromatic nitrogens is 1. The molecule has 5 aromatic rings. The molecule has 0 spiro atoms. The monoisotopic (exact) mass is 551 g/mol. The highest BCUT2D eigenvalue weighted by Crippen LogP contribution is 2.16. The van der Waals surface area contributed by atoms with E-state index in [0.29, 0.717) is 13.0 Å². The number of benzene rings is 4. The van der Waals surface area contributed by atoms with Gasteiger partial charge in [-0.25, -0.2) is 0 Å². The fraction of sp³-hybridized carbons (Fsp3) is 0.152. The second-order valence-electron chi connectivity index (χ2n) is 9.29. The molecule has 0 fully saturated rings. The van der Waals surface area contributed by atoms with Gasteiger partial charge in [-0.1, -0.05) is 72.8 Å². The molecule has 0 bridgehead atoms. The van der Waals surface area contributed by atoms with Gasteiger partial charge in [0.05, 0.1) is 13.5 Å². The third-order valence-corrected chi connectivity index (χ3v) is 6.60. The van der Waals surface area contributed by atoms with Gasteiger partial charge in [0.2, 0.25) is 11.8 Å². The van der Waals surface area contributed by atoms with Crippen LogP contribution in [0.2, 0.25) is 0 Å². The number of hydrogen-bond donors (Lipinski definition) is 4. The molecule has 4 aromatic carbocycles. The number of carbonyl (C=O) groups excluding carboxylic acids is 2. The first-order valence-corrected chi connectivity index (χ1v) is 13.5. The van der Waals surface area contributed by atoms with Gasteiger partial charge in [-0.2, -0.15) is 0 Å². The molecule has 5 rings (SSSR count). The summed E-state index contributed by atoms with van der Waals surface area (Å²) in [7, 11) is 1.60. The van der Waals surface area contributed by atoms with Gasteiger partial charge in [-0.3, -0.25) is 9.59 Å². The van der Waals surface area contributed by atoms with E-state index >= 15 is 0 Å². The Morgan fingerprint density at radius 3 is 2.15 bits per heavy atom. The van der Waals surface area contributed by atoms with Gasteiger partial charge in [0.15, 0.2) is 0 Å². The zero-order chi connectivity index (χ0) is 28.2. The minimum absolute atomic E-state index is 0.183. The summed E-state index contributed by atoms with van der Waals surface area (Å²) in [6, 6.07) is 34.2. The van der Waals surface area contributed by atoms with Crippen molar-refractivity contribution >= 4 is 35.3 Å². The van der Waals surface area contributed by atoms with Gasteiger partial charge in [-0.15, -0.1) is 12.6 Å². The van der Waals surface area contributed by atoms with Crippen LogP contribution in [0.4, 0.5) is 0 Å². The summed E-state index contributed by atoms with van der Waals surface area (Å²) in [5, 5.41) is 6.99. The lowest BCUT2D eigenvalue weighted by Gasteiger charge is -2.19. The van der Waals surface area contributed by atoms with Crippen molar-refractivity contribution < 1.29 is 14.3 Å². The number of aromatic amines is 1. The first kappa shape index (κ1) is 28.5. The van der Waals surface area contributed by atoms with Crippen LogP contribution < -0.4 is 15.4 Å². The van der Waals surface area contributed by atoms with Crippen molar-refractivity contribution in [2.45, 2.75) is 30.3 Å². The molecule has 1 unspecified atom stereocenters. The maximum Gasteiger partial charge on any atom is 0.243 e. The Bertz CT molecular complexity index is 1500. The Labute approximate surface area is 240 Å². The Morgan fingerprint density at radius 2 is 1.50 bits per heavy atom. The number of amides is 2. The van der Waals surface area contributed by atoms with Gasteiger partial charge in [-0.05, 0) is 58.5 Å². The quantitative estimate of drug-likeness (QED) is 0.176. The van der Waals surface area contributed by atoms with Crippen LogP contribution in [0.25, 0.3) is 10.9 Å². The number of carbonyl (C=O) groups is 2. The second-order valence-corrected chi connectivity index (χ2v) is 9.80. The molecule has 1 atom stereocenters. The lowest BCUT2D eigenvalue weighted by molar-refractivity contribution is -0.128. The van der Waals surface area contributed by atoms with Crippen molar-refractivity contribution in [1.29, 1.82) is 0 Å². The van der Waals surface area contributed by atoms with Crippen LogP contribution in [-0.2, 0) is 29.0 Å². The highest BCUT2D eigenvalue weighted by Gasteiger charge is 2.21. The van der Waals surface area contributed by atoms with Crippen LogP contribution in [-0.4, -0.2) is 29.9 Å². The van der Waals surface area contributed by atoms with E-state index in [9.17, 15) is 9.59 Å². The number of thiol groups is 1. The molecule has 40 heavy (non-hydrogen) atoms. The topological polar surface area (TPSA) is 83.2 Å². The van der Waals surface area contributed by atoms with E-state index in [2.05, 4.69) is 28.2 Å². The van der Waals surface area contributed by atoms with Gasteiger partial charge < -0.3 is 20.4 Å². The summed E-state index contributed by atoms with van der Waals surface area (Å²) in [4.78, 5) is 30.1. The van der Waals surface area contributed by atoms with Crippen LogP contribution in [0, 0.1) is 0 Å². The van der Waals surface area contributed by atoms with Crippen LogP contribution in [0.1, 0.15) is 16.7 Å². The normalized spacial score (nSPS) is 11.2. The molecule has 204 valence electrons. The molecule has 3 N–H and O–H groups in total. The van der Waals surface area contributed by atoms with E-state index in [0.717, 1.165) is 38.2 Å². The Hall–Kier alpha value is -4.49. The molecule has 0 aliphatic rings. The van der Waals surface area contributed by atoms with Crippen molar-refractivity contribution in [3.8, 4) is 5.75 Å². The minimum Gasteiger partial charge on any atom is -0.497 e. The molecule has 1 aromatic heterocycles. The van der Waals surface area contributed by atoms with Crippen molar-refractivity contribution in [3.63, 3.8) is 0 Å². The second kappa shape index (κ2) is 14.6. The third-order valence-electron chi connectivity index (χ3n) is 6.30. The van der Waals surface area contributed by atoms with Gasteiger partial charge in [0.25, 0.3) is 0 Å². The molecule has 0 saturated heterocycles. The molecule has 1 heterocycles. The fourth-order valence-corrected chi connectivity index (χ4v) is 4.35. The fourth-order valence-electron chi connectivity index (χ4n) is 4.18. The first-order chi connectivity index (χ1) is 19.5. The molecule has 0 saturated carbocycles. The van der Waals surface area contributed by atoms with Crippen molar-refractivity contribution in [2.24, 2.45) is 0 Å². The SMILES string of the molecule is COc1ccc(CC(=O)NC(Cc2ccc3cc[nH]c3c2)C(=O)NCc2ccccc2)cc1.Sc1ccccc1. The molecule has 2 amide bonds. The van der Waals surface area contributed by atoms with Crippen molar-refractivity contribution in [3.05, 3.63) is 132 Å². The molecule has 6 nitrogen and oxygen atoms in total. The standard InChI is InChI=1S/C27H27N3O3.C6H6S/c1-33-23-11-8-19(9-12-23)17-26(31)30-25(27(32)29-18-20-5-3-2-4-6-20)16-21-7-10-22-13-14-28-24(22)15-21;7-6-4-2-1-3-5-6/h2-15,25,28H,16-18H2,1H3,(H,29,32)(H,30,31);1-5,7H. The van der Waals surface area contributed by atoms with E-state index in [-0.39, 0.29) is 18.2 Å². The van der Waals surface area contributed by atoms with Gasteiger partial charge >= 0.3 is 0 Å². The molecule has 0 aliphatic heterocycles. The average Bonchev–Trinajstić information content (AvgIpc) is 3.45. The summed E-state index contributed by atoms with van der Waals surface area (Å²) in [6.07, 6.45) is 2.46. The summed E-state index contributed by atoms with van der Waals surface area (Å²) in [6.45, 7) is 0.403. The molecule has 0 radical (unpaired) electrons. The van der Waals surface area contributed by atoms with Crippen LogP contribution in [0.3, 0.4) is 0 Å². The smallest absolute Gasteiger partial charge is 0.243 e. The number of fused-ring (bicyclic) bond motifs is 1. The minimum atomic E-state index is -0.688. The predicted molar refractivity (Wildman–Crippen MR) is 163 cm³/mol. The summed E-state index contributed by atoms with van der Waals surface area (Å²) in [5.41, 5.74) is 3.82. The number of rotatable bonds is 9. The highest BCUT2D eigenvalue weighted by atomic mass is 32.1. The maximum absolute atomic E-state index is 13.1. The highest BCUT2D eigenvalue weighted by molar-refractivity contribution is 7.80. The molecule has 7 heteroatoms. The Kier molecular flexibility index (Phi) is 10.4. The first-order valence-electron chi connectivity index (χ1n) is 13.0. The summed E-state index contributed by atoms with van der Waals surface area (Å²) >= 11 is 4.08. The largest absolute Gasteiger partial charge is 0.497 e. The van der Waals surface area contributed by atoms with Crippen LogP contribution in [0.5, 0.6) is 5.75 Å². The number of H-pyrrole nitrogens is 1. The van der Waals surface area contributed by atoms with Crippen LogP contribution in [0.15, 0.2) is 120 Å². The maximum atomic E-state index is 13.1. The van der Waals surface area contributed by atoms with E-state index in [1.165, 1.54) is 0 Å². The third kappa shape index (κ3) is 8.78. The zero-order valence-corrected chi connectivity index (χ0v) is 23.2. The number of nitrogens with one attached hydrogen (secondary N) is 3. The zero-order valence-electron chi connectivity index (χ0n) is 22.3. The van der Waals surface area contributed by atoms with Crippen molar-refractivity contribution in [2.75, 3.05) is 7.11 Å². The summed E-state index contributed by atoms with van der Waals surface area (Å²) < 4.78 is 5.17. The van der Waals surface area contributed by atoms with E-state index in [1.54, 1.807) is 7.11 Å². The van der Waals surface area contributed by atoms with Crippen LogP contribution >= 0.6 is 12.6 Å². The Balaban J connectivity index is 0.000000461. The van der Waals surface area contributed by atoms with E-state index in [4.69, 9.17) is 4.74 Å². The van der Waals surface area contributed by atoms with Crippen molar-refractivity contribution in [1.82, 2.24) is 15.6 Å². The van der Waals surface area contributed by atoms with Gasteiger partial charge in [0, 0.05) is 29.6 Å². The number of ether oxygens (including phenoxy) is 1. The lowest BCUT2D eigenvalue weighted by Crippen LogP contribution is -2.48. The van der Waals surface area contributed by atoms with Gasteiger partial charge in [0.1, 0.15) is 11.8 Å². The number of hydrogen-bond acceptors (Lipinski definition) is 4.